The molecule has 0 aliphatic carbocycles. The molecule has 0 unspecified atom stereocenters. The Balaban J connectivity index is 2.66. The fraction of sp³-hybridized carbons (Fsp3) is 0.467. The van der Waals surface area contributed by atoms with Gasteiger partial charge in [0.1, 0.15) is 11.6 Å². The third kappa shape index (κ3) is 5.81. The number of carbonyl (C=O) groups excluding carboxylic acids is 1. The molecular formula is C15H20FNO4. The van der Waals surface area contributed by atoms with E-state index in [0.717, 1.165) is 0 Å². The summed E-state index contributed by atoms with van der Waals surface area (Å²) in [7, 11) is 0. The van der Waals surface area contributed by atoms with Crippen molar-refractivity contribution in [3.8, 4) is 5.75 Å². The second-order valence-electron chi connectivity index (χ2n) is 5.61. The third-order valence-corrected chi connectivity index (χ3v) is 2.82. The van der Waals surface area contributed by atoms with Crippen LogP contribution >= 0.6 is 0 Å². The van der Waals surface area contributed by atoms with Crippen molar-refractivity contribution in [1.82, 2.24) is 4.90 Å². The summed E-state index contributed by atoms with van der Waals surface area (Å²) in [5, 5.41) is 8.74. The number of halogens is 1. The van der Waals surface area contributed by atoms with E-state index < -0.39 is 17.3 Å². The zero-order valence-electron chi connectivity index (χ0n) is 12.4. The van der Waals surface area contributed by atoms with E-state index in [1.165, 1.54) is 23.1 Å². The molecular weight excluding hydrogens is 277 g/mol. The lowest BCUT2D eigenvalue weighted by Crippen LogP contribution is -2.48. The minimum absolute atomic E-state index is 0.101. The highest BCUT2D eigenvalue weighted by molar-refractivity contribution is 5.79. The Hall–Kier alpha value is -2.11. The lowest BCUT2D eigenvalue weighted by molar-refractivity contribution is -0.141. The van der Waals surface area contributed by atoms with Crippen LogP contribution in [0.5, 0.6) is 5.75 Å². The van der Waals surface area contributed by atoms with Crippen molar-refractivity contribution in [3.63, 3.8) is 0 Å². The summed E-state index contributed by atoms with van der Waals surface area (Å²) in [6.45, 7) is 5.28. The number of amides is 1. The molecule has 1 amide bonds. The van der Waals surface area contributed by atoms with E-state index in [1.807, 2.05) is 20.8 Å². The first-order valence-electron chi connectivity index (χ1n) is 6.61. The van der Waals surface area contributed by atoms with Crippen LogP contribution in [0.4, 0.5) is 4.39 Å². The van der Waals surface area contributed by atoms with Gasteiger partial charge >= 0.3 is 5.97 Å². The fourth-order valence-corrected chi connectivity index (χ4v) is 1.82. The standard InChI is InChI=1S/C15H20FNO4/c1-15(2,3)17(8-7-14(19)20)13(18)10-21-12-6-4-5-11(16)9-12/h4-6,9H,7-8,10H2,1-3H3,(H,19,20). The molecule has 0 fully saturated rings. The summed E-state index contributed by atoms with van der Waals surface area (Å²) in [4.78, 5) is 24.3. The first-order chi connectivity index (χ1) is 9.70. The van der Waals surface area contributed by atoms with Crippen molar-refractivity contribution in [3.05, 3.63) is 30.1 Å². The molecule has 0 bridgehead atoms. The Kier molecular flexibility index (Phi) is 5.69. The summed E-state index contributed by atoms with van der Waals surface area (Å²) >= 11 is 0. The number of ether oxygens (including phenoxy) is 1. The average Bonchev–Trinajstić information content (AvgIpc) is 2.34. The van der Waals surface area contributed by atoms with Crippen LogP contribution in [-0.2, 0) is 9.59 Å². The minimum atomic E-state index is -0.969. The number of rotatable bonds is 6. The molecule has 1 aromatic carbocycles. The largest absolute Gasteiger partial charge is 0.484 e. The molecule has 0 heterocycles. The topological polar surface area (TPSA) is 66.8 Å². The van der Waals surface area contributed by atoms with Crippen LogP contribution in [0.2, 0.25) is 0 Å². The van der Waals surface area contributed by atoms with Gasteiger partial charge < -0.3 is 14.7 Å². The van der Waals surface area contributed by atoms with E-state index >= 15 is 0 Å². The molecule has 1 rings (SSSR count). The van der Waals surface area contributed by atoms with Gasteiger partial charge in [0, 0.05) is 18.2 Å². The molecule has 1 N–H and O–H groups in total. The van der Waals surface area contributed by atoms with Crippen LogP contribution in [-0.4, -0.2) is 40.6 Å². The maximum atomic E-state index is 13.0. The number of carboxylic acid groups (broad SMARTS) is 1. The molecule has 0 aromatic heterocycles. The lowest BCUT2D eigenvalue weighted by Gasteiger charge is -2.35. The predicted octanol–water partition coefficient (Wildman–Crippen LogP) is 2.31. The smallest absolute Gasteiger partial charge is 0.305 e. The van der Waals surface area contributed by atoms with Crippen LogP contribution in [0.25, 0.3) is 0 Å². The van der Waals surface area contributed by atoms with Gasteiger partial charge in [-0.1, -0.05) is 6.07 Å². The average molecular weight is 297 g/mol. The van der Waals surface area contributed by atoms with Crippen LogP contribution < -0.4 is 4.74 Å². The first kappa shape index (κ1) is 16.9. The quantitative estimate of drug-likeness (QED) is 0.875. The third-order valence-electron chi connectivity index (χ3n) is 2.82. The van der Waals surface area contributed by atoms with Gasteiger partial charge in [-0.05, 0) is 32.9 Å². The summed E-state index contributed by atoms with van der Waals surface area (Å²) in [5.41, 5.74) is -0.516. The summed E-state index contributed by atoms with van der Waals surface area (Å²) in [5.74, 6) is -1.50. The number of carbonyl (C=O) groups is 2. The van der Waals surface area contributed by atoms with E-state index in [-0.39, 0.29) is 31.2 Å². The molecule has 0 atom stereocenters. The van der Waals surface area contributed by atoms with Crippen LogP contribution in [0.15, 0.2) is 24.3 Å². The number of hydrogen-bond acceptors (Lipinski definition) is 3. The number of hydrogen-bond donors (Lipinski definition) is 1. The Bertz CT molecular complexity index is 511. The second kappa shape index (κ2) is 7.06. The van der Waals surface area contributed by atoms with Gasteiger partial charge in [0.25, 0.3) is 5.91 Å². The van der Waals surface area contributed by atoms with Gasteiger partial charge in [-0.2, -0.15) is 0 Å². The number of aliphatic carboxylic acids is 1. The highest BCUT2D eigenvalue weighted by Gasteiger charge is 2.27. The minimum Gasteiger partial charge on any atom is -0.484 e. The zero-order valence-corrected chi connectivity index (χ0v) is 12.4. The van der Waals surface area contributed by atoms with E-state index in [1.54, 1.807) is 6.07 Å². The van der Waals surface area contributed by atoms with Crippen molar-refractivity contribution in [2.75, 3.05) is 13.2 Å². The van der Waals surface area contributed by atoms with Crippen molar-refractivity contribution >= 4 is 11.9 Å². The maximum Gasteiger partial charge on any atom is 0.305 e. The number of nitrogens with zero attached hydrogens (tertiary/aromatic N) is 1. The van der Waals surface area contributed by atoms with Crippen molar-refractivity contribution in [1.29, 1.82) is 0 Å². The Morgan fingerprint density at radius 2 is 2.00 bits per heavy atom. The first-order valence-corrected chi connectivity index (χ1v) is 6.61. The molecule has 0 aliphatic rings. The molecule has 21 heavy (non-hydrogen) atoms. The van der Waals surface area contributed by atoms with E-state index in [9.17, 15) is 14.0 Å². The molecule has 0 saturated carbocycles. The summed E-state index contributed by atoms with van der Waals surface area (Å²) in [6, 6.07) is 5.51. The van der Waals surface area contributed by atoms with Crippen molar-refractivity contribution in [2.45, 2.75) is 32.7 Å². The Labute approximate surface area is 123 Å². The molecule has 0 saturated heterocycles. The summed E-state index contributed by atoms with van der Waals surface area (Å²) < 4.78 is 18.3. The van der Waals surface area contributed by atoms with E-state index in [0.29, 0.717) is 0 Å². The number of carboxylic acids is 1. The Morgan fingerprint density at radius 1 is 1.33 bits per heavy atom. The molecule has 1 aromatic rings. The van der Waals surface area contributed by atoms with Crippen LogP contribution in [0.3, 0.4) is 0 Å². The van der Waals surface area contributed by atoms with Gasteiger partial charge in [0.05, 0.1) is 6.42 Å². The zero-order chi connectivity index (χ0) is 16.0. The van der Waals surface area contributed by atoms with Gasteiger partial charge in [-0.3, -0.25) is 9.59 Å². The molecule has 0 aliphatic heterocycles. The fourth-order valence-electron chi connectivity index (χ4n) is 1.82. The predicted molar refractivity (Wildman–Crippen MR) is 75.6 cm³/mol. The molecule has 0 spiro atoms. The summed E-state index contributed by atoms with van der Waals surface area (Å²) in [6.07, 6.45) is -0.136. The Morgan fingerprint density at radius 3 is 2.52 bits per heavy atom. The molecule has 5 nitrogen and oxygen atoms in total. The number of benzene rings is 1. The van der Waals surface area contributed by atoms with Gasteiger partial charge in [-0.25, -0.2) is 4.39 Å². The highest BCUT2D eigenvalue weighted by Crippen LogP contribution is 2.16. The van der Waals surface area contributed by atoms with Gasteiger partial charge in [-0.15, -0.1) is 0 Å². The van der Waals surface area contributed by atoms with E-state index in [2.05, 4.69) is 0 Å². The lowest BCUT2D eigenvalue weighted by atomic mass is 10.1. The highest BCUT2D eigenvalue weighted by atomic mass is 19.1. The van der Waals surface area contributed by atoms with Gasteiger partial charge in [0.15, 0.2) is 6.61 Å². The van der Waals surface area contributed by atoms with Crippen molar-refractivity contribution < 1.29 is 23.8 Å². The molecule has 6 heteroatoms. The molecule has 0 radical (unpaired) electrons. The normalized spacial score (nSPS) is 11.0. The van der Waals surface area contributed by atoms with Crippen LogP contribution in [0, 0.1) is 5.82 Å². The van der Waals surface area contributed by atoms with E-state index in [4.69, 9.17) is 9.84 Å². The SMILES string of the molecule is CC(C)(C)N(CCC(=O)O)C(=O)COc1cccc(F)c1. The molecule has 116 valence electrons. The van der Waals surface area contributed by atoms with Crippen LogP contribution in [0.1, 0.15) is 27.2 Å². The second-order valence-corrected chi connectivity index (χ2v) is 5.61. The van der Waals surface area contributed by atoms with Gasteiger partial charge in [0.2, 0.25) is 0 Å². The van der Waals surface area contributed by atoms with Crippen molar-refractivity contribution in [2.24, 2.45) is 0 Å². The monoisotopic (exact) mass is 297 g/mol. The maximum absolute atomic E-state index is 13.0.